The van der Waals surface area contributed by atoms with Crippen LogP contribution >= 0.6 is 0 Å². The Morgan fingerprint density at radius 1 is 1.42 bits per heavy atom. The molecule has 0 saturated heterocycles. The van der Waals surface area contributed by atoms with E-state index in [9.17, 15) is 4.79 Å². The maximum atomic E-state index is 11.1. The normalized spacial score (nSPS) is 17.9. The van der Waals surface area contributed by atoms with Crippen molar-refractivity contribution in [2.24, 2.45) is 5.41 Å². The number of carboxylic acid groups (broad SMARTS) is 1. The second-order valence-corrected chi connectivity index (χ2v) is 5.51. The van der Waals surface area contributed by atoms with Gasteiger partial charge in [-0.15, -0.1) is 0 Å². The molecule has 100 valence electrons. The third-order valence-electron chi connectivity index (χ3n) is 4.04. The highest BCUT2D eigenvalue weighted by Crippen LogP contribution is 2.43. The van der Waals surface area contributed by atoms with Crippen LogP contribution in [0, 0.1) is 5.41 Å². The maximum absolute atomic E-state index is 11.1. The molecule has 0 bridgehead atoms. The fraction of sp³-hybridized carbons (Fsp3) is 0.500. The van der Waals surface area contributed by atoms with Gasteiger partial charge in [-0.3, -0.25) is 4.79 Å². The zero-order valence-corrected chi connectivity index (χ0v) is 10.7. The fourth-order valence-electron chi connectivity index (χ4n) is 3.20. The molecule has 3 rings (SSSR count). The molecule has 5 heteroatoms. The van der Waals surface area contributed by atoms with Gasteiger partial charge in [-0.05, 0) is 30.4 Å². The number of hydrogen-bond donors (Lipinski definition) is 2. The molecule has 5 nitrogen and oxygen atoms in total. The smallest absolute Gasteiger partial charge is 0.303 e. The van der Waals surface area contributed by atoms with E-state index in [2.05, 4.69) is 15.0 Å². The number of aromatic nitrogens is 3. The summed E-state index contributed by atoms with van der Waals surface area (Å²) in [4.78, 5) is 23.0. The number of aliphatic carboxylic acids is 1. The lowest BCUT2D eigenvalue weighted by molar-refractivity contribution is -0.139. The monoisotopic (exact) mass is 259 g/mol. The van der Waals surface area contributed by atoms with Gasteiger partial charge in [0.2, 0.25) is 0 Å². The topological polar surface area (TPSA) is 78.9 Å². The number of carboxylic acids is 1. The molecule has 2 N–H and O–H groups in total. The lowest BCUT2D eigenvalue weighted by atomic mass is 9.79. The summed E-state index contributed by atoms with van der Waals surface area (Å²) < 4.78 is 0. The van der Waals surface area contributed by atoms with Crippen molar-refractivity contribution in [2.75, 3.05) is 0 Å². The molecule has 0 unspecified atom stereocenters. The molecule has 2 aromatic heterocycles. The number of hydrogen-bond acceptors (Lipinski definition) is 3. The molecule has 0 aliphatic heterocycles. The minimum atomic E-state index is -0.712. The van der Waals surface area contributed by atoms with Crippen LogP contribution in [0.3, 0.4) is 0 Å². The van der Waals surface area contributed by atoms with E-state index in [1.807, 2.05) is 12.1 Å². The van der Waals surface area contributed by atoms with Crippen molar-refractivity contribution in [3.8, 4) is 0 Å². The Bertz CT molecular complexity index is 567. The summed E-state index contributed by atoms with van der Waals surface area (Å²) in [6.45, 7) is 0. The van der Waals surface area contributed by atoms with E-state index in [4.69, 9.17) is 5.11 Å². The molecule has 0 aromatic carbocycles. The molecule has 0 amide bonds. The first-order chi connectivity index (χ1) is 9.17. The molecule has 2 aromatic rings. The Morgan fingerprint density at radius 3 is 2.89 bits per heavy atom. The van der Waals surface area contributed by atoms with Crippen molar-refractivity contribution in [2.45, 2.75) is 38.5 Å². The Hall–Kier alpha value is -1.91. The van der Waals surface area contributed by atoms with Crippen LogP contribution in [-0.2, 0) is 11.2 Å². The van der Waals surface area contributed by atoms with Crippen LogP contribution in [-0.4, -0.2) is 26.0 Å². The number of carbonyl (C=O) groups is 1. The van der Waals surface area contributed by atoms with Gasteiger partial charge >= 0.3 is 5.97 Å². The molecule has 2 heterocycles. The second-order valence-electron chi connectivity index (χ2n) is 5.51. The number of H-pyrrole nitrogens is 1. The lowest BCUT2D eigenvalue weighted by Crippen LogP contribution is -2.24. The maximum Gasteiger partial charge on any atom is 0.303 e. The zero-order valence-electron chi connectivity index (χ0n) is 10.7. The Morgan fingerprint density at radius 2 is 2.21 bits per heavy atom. The van der Waals surface area contributed by atoms with E-state index in [1.165, 1.54) is 0 Å². The highest BCUT2D eigenvalue weighted by atomic mass is 16.4. The summed E-state index contributed by atoms with van der Waals surface area (Å²) in [7, 11) is 0. The second kappa shape index (κ2) is 4.64. The fourth-order valence-corrected chi connectivity index (χ4v) is 3.20. The quantitative estimate of drug-likeness (QED) is 0.884. The highest BCUT2D eigenvalue weighted by molar-refractivity contribution is 5.70. The lowest BCUT2D eigenvalue weighted by Gasteiger charge is -2.25. The SMILES string of the molecule is O=C(O)CC1(Cc2nc3ncccc3[nH]2)CCCC1. The third-order valence-corrected chi connectivity index (χ3v) is 4.04. The zero-order chi connectivity index (χ0) is 13.3. The molecule has 1 aliphatic rings. The van der Waals surface area contributed by atoms with E-state index < -0.39 is 5.97 Å². The standard InChI is InChI=1S/C14H17N3O2/c18-12(19)9-14(5-1-2-6-14)8-11-16-10-4-3-7-15-13(10)17-11/h3-4,7H,1-2,5-6,8-9H2,(H,18,19)(H,15,16,17). The van der Waals surface area contributed by atoms with E-state index >= 15 is 0 Å². The predicted octanol–water partition coefficient (Wildman–Crippen LogP) is 2.54. The van der Waals surface area contributed by atoms with E-state index in [0.717, 1.165) is 37.0 Å². The van der Waals surface area contributed by atoms with Crippen LogP contribution in [0.25, 0.3) is 11.2 Å². The van der Waals surface area contributed by atoms with Gasteiger partial charge in [-0.2, -0.15) is 0 Å². The van der Waals surface area contributed by atoms with Crippen LogP contribution in [0.4, 0.5) is 0 Å². The number of nitrogens with zero attached hydrogens (tertiary/aromatic N) is 2. The average Bonchev–Trinajstić information content (AvgIpc) is 2.94. The summed E-state index contributed by atoms with van der Waals surface area (Å²) >= 11 is 0. The summed E-state index contributed by atoms with van der Waals surface area (Å²) in [5.74, 6) is 0.146. The van der Waals surface area contributed by atoms with Gasteiger partial charge in [0.05, 0.1) is 11.9 Å². The van der Waals surface area contributed by atoms with Crippen molar-refractivity contribution in [3.05, 3.63) is 24.2 Å². The van der Waals surface area contributed by atoms with Crippen LogP contribution < -0.4 is 0 Å². The van der Waals surface area contributed by atoms with Crippen LogP contribution in [0.2, 0.25) is 0 Å². The first-order valence-corrected chi connectivity index (χ1v) is 6.68. The third kappa shape index (κ3) is 2.45. The molecule has 1 saturated carbocycles. The molecule has 19 heavy (non-hydrogen) atoms. The Labute approximate surface area is 111 Å². The first kappa shape index (κ1) is 12.1. The van der Waals surface area contributed by atoms with E-state index in [-0.39, 0.29) is 11.8 Å². The molecule has 1 fully saturated rings. The number of nitrogens with one attached hydrogen (secondary N) is 1. The Balaban J connectivity index is 1.87. The molecule has 0 spiro atoms. The summed E-state index contributed by atoms with van der Waals surface area (Å²) in [6, 6.07) is 3.81. The van der Waals surface area contributed by atoms with Gasteiger partial charge in [-0.1, -0.05) is 12.8 Å². The highest BCUT2D eigenvalue weighted by Gasteiger charge is 2.37. The molecule has 0 atom stereocenters. The Kier molecular flexibility index (Phi) is 2.97. The number of imidazole rings is 1. The summed E-state index contributed by atoms with van der Waals surface area (Å²) in [5, 5.41) is 9.11. The van der Waals surface area contributed by atoms with Gasteiger partial charge in [0.1, 0.15) is 5.82 Å². The minimum absolute atomic E-state index is 0.125. The van der Waals surface area contributed by atoms with E-state index in [1.54, 1.807) is 6.20 Å². The summed E-state index contributed by atoms with van der Waals surface area (Å²) in [5.41, 5.74) is 1.50. The van der Waals surface area contributed by atoms with Crippen molar-refractivity contribution in [1.82, 2.24) is 15.0 Å². The van der Waals surface area contributed by atoms with Gasteiger partial charge in [0.25, 0.3) is 0 Å². The van der Waals surface area contributed by atoms with Crippen molar-refractivity contribution < 1.29 is 9.90 Å². The first-order valence-electron chi connectivity index (χ1n) is 6.68. The van der Waals surface area contributed by atoms with Crippen LogP contribution in [0.1, 0.15) is 37.9 Å². The van der Waals surface area contributed by atoms with Gasteiger partial charge in [0.15, 0.2) is 5.65 Å². The van der Waals surface area contributed by atoms with Crippen LogP contribution in [0.5, 0.6) is 0 Å². The molecular weight excluding hydrogens is 242 g/mol. The largest absolute Gasteiger partial charge is 0.481 e. The van der Waals surface area contributed by atoms with Crippen LogP contribution in [0.15, 0.2) is 18.3 Å². The van der Waals surface area contributed by atoms with Crippen molar-refractivity contribution in [1.29, 1.82) is 0 Å². The van der Waals surface area contributed by atoms with Gasteiger partial charge in [0, 0.05) is 12.6 Å². The molecule has 1 aliphatic carbocycles. The van der Waals surface area contributed by atoms with Crippen molar-refractivity contribution in [3.63, 3.8) is 0 Å². The molecule has 0 radical (unpaired) electrons. The van der Waals surface area contributed by atoms with Gasteiger partial charge < -0.3 is 10.1 Å². The van der Waals surface area contributed by atoms with Gasteiger partial charge in [-0.25, -0.2) is 9.97 Å². The number of fused-ring (bicyclic) bond motifs is 1. The summed E-state index contributed by atoms with van der Waals surface area (Å²) in [6.07, 6.45) is 6.84. The van der Waals surface area contributed by atoms with Crippen molar-refractivity contribution >= 4 is 17.1 Å². The number of rotatable bonds is 4. The predicted molar refractivity (Wildman–Crippen MR) is 70.7 cm³/mol. The average molecular weight is 259 g/mol. The molecular formula is C14H17N3O2. The number of pyridine rings is 1. The number of aromatic amines is 1. The van der Waals surface area contributed by atoms with E-state index in [0.29, 0.717) is 12.1 Å². The minimum Gasteiger partial charge on any atom is -0.481 e.